The van der Waals surface area contributed by atoms with Gasteiger partial charge in [-0.05, 0) is 41.9 Å². The summed E-state index contributed by atoms with van der Waals surface area (Å²) < 4.78 is 5.02. The van der Waals surface area contributed by atoms with Crippen LogP contribution in [0.5, 0.6) is 5.75 Å². The molecule has 1 N–H and O–H groups in total. The molecule has 0 heterocycles. The topological polar surface area (TPSA) is 62.1 Å². The number of nitrogens with zero attached hydrogens (tertiary/aromatic N) is 1. The second-order valence-electron chi connectivity index (χ2n) is 3.17. The van der Waals surface area contributed by atoms with Crippen molar-refractivity contribution in [2.45, 2.75) is 12.7 Å². The summed E-state index contributed by atoms with van der Waals surface area (Å²) in [6.07, 6.45) is -0.496. The average Bonchev–Trinajstić information content (AvgIpc) is 2.25. The number of thioether (sulfide) groups is 1. The van der Waals surface area contributed by atoms with Crippen LogP contribution in [-0.2, 0) is 5.75 Å². The lowest BCUT2D eigenvalue weighted by Crippen LogP contribution is -2.22. The molecule has 0 radical (unpaired) electrons. The van der Waals surface area contributed by atoms with Gasteiger partial charge in [-0.2, -0.15) is 5.26 Å². The van der Waals surface area contributed by atoms with E-state index in [4.69, 9.17) is 10.00 Å². The van der Waals surface area contributed by atoms with Crippen LogP contribution in [0.2, 0.25) is 0 Å². The maximum Gasteiger partial charge on any atom is 0.412 e. The minimum absolute atomic E-state index is 0.493. The summed E-state index contributed by atoms with van der Waals surface area (Å²) >= 11 is 1.15. The Morgan fingerprint density at radius 1 is 1.56 bits per heavy atom. The minimum Gasteiger partial charge on any atom is -0.410 e. The summed E-state index contributed by atoms with van der Waals surface area (Å²) in [5.74, 6) is 1.08. The number of carbonyl (C=O) groups excluding carboxylic acids is 1. The van der Waals surface area contributed by atoms with E-state index in [-0.39, 0.29) is 0 Å². The Balaban J connectivity index is 2.81. The van der Waals surface area contributed by atoms with E-state index in [0.29, 0.717) is 11.5 Å². The van der Waals surface area contributed by atoms with E-state index in [1.165, 1.54) is 7.05 Å². The smallest absolute Gasteiger partial charge is 0.410 e. The van der Waals surface area contributed by atoms with Gasteiger partial charge in [0.05, 0.1) is 0 Å². The fraction of sp³-hybridized carbons (Fsp3) is 0.273. The number of aryl methyl sites for hydroxylation is 1. The molecule has 1 aromatic carbocycles. The zero-order chi connectivity index (χ0) is 12.0. The predicted octanol–water partition coefficient (Wildman–Crippen LogP) is 2.43. The van der Waals surface area contributed by atoms with E-state index in [2.05, 4.69) is 5.32 Å². The zero-order valence-corrected chi connectivity index (χ0v) is 9.93. The van der Waals surface area contributed by atoms with E-state index in [9.17, 15) is 4.79 Å². The molecular weight excluding hydrogens is 224 g/mol. The summed E-state index contributed by atoms with van der Waals surface area (Å²) in [5.41, 5.74) is 1.96. The molecule has 0 saturated carbocycles. The van der Waals surface area contributed by atoms with Crippen LogP contribution in [0.15, 0.2) is 18.2 Å². The zero-order valence-electron chi connectivity index (χ0n) is 9.11. The van der Waals surface area contributed by atoms with Crippen LogP contribution >= 0.6 is 11.8 Å². The molecule has 0 spiro atoms. The van der Waals surface area contributed by atoms with E-state index < -0.39 is 6.09 Å². The van der Waals surface area contributed by atoms with Gasteiger partial charge in [0, 0.05) is 12.8 Å². The first-order valence-electron chi connectivity index (χ1n) is 4.66. The number of rotatable bonds is 3. The number of carbonyl (C=O) groups is 1. The van der Waals surface area contributed by atoms with Gasteiger partial charge >= 0.3 is 6.09 Å². The molecule has 0 aliphatic rings. The maximum absolute atomic E-state index is 11.0. The SMILES string of the molecule is CNC(=O)Oc1cc(C)cc(CSC#N)c1. The molecule has 1 amide bonds. The first-order valence-corrected chi connectivity index (χ1v) is 5.65. The molecule has 1 aromatic rings. The summed E-state index contributed by atoms with van der Waals surface area (Å²) in [4.78, 5) is 11.0. The van der Waals surface area contributed by atoms with Crippen LogP contribution in [0.3, 0.4) is 0 Å². The lowest BCUT2D eigenvalue weighted by molar-refractivity contribution is 0.203. The molecule has 0 aromatic heterocycles. The van der Waals surface area contributed by atoms with Crippen LogP contribution in [0.1, 0.15) is 11.1 Å². The number of nitriles is 1. The lowest BCUT2D eigenvalue weighted by atomic mass is 10.1. The normalized spacial score (nSPS) is 9.31. The van der Waals surface area contributed by atoms with Gasteiger partial charge in [-0.25, -0.2) is 4.79 Å². The van der Waals surface area contributed by atoms with Crippen LogP contribution in [-0.4, -0.2) is 13.1 Å². The van der Waals surface area contributed by atoms with Crippen LogP contribution < -0.4 is 10.1 Å². The molecule has 16 heavy (non-hydrogen) atoms. The van der Waals surface area contributed by atoms with Gasteiger partial charge in [0.15, 0.2) is 0 Å². The monoisotopic (exact) mass is 236 g/mol. The Morgan fingerprint density at radius 3 is 2.94 bits per heavy atom. The molecule has 0 saturated heterocycles. The summed E-state index contributed by atoms with van der Waals surface area (Å²) in [7, 11) is 1.50. The highest BCUT2D eigenvalue weighted by atomic mass is 32.2. The fourth-order valence-electron chi connectivity index (χ4n) is 1.24. The molecule has 0 bridgehead atoms. The number of hydrogen-bond donors (Lipinski definition) is 1. The van der Waals surface area contributed by atoms with Crippen molar-refractivity contribution in [2.24, 2.45) is 0 Å². The van der Waals surface area contributed by atoms with Crippen molar-refractivity contribution in [3.8, 4) is 11.2 Å². The molecule has 1 rings (SSSR count). The molecule has 5 heteroatoms. The summed E-state index contributed by atoms with van der Waals surface area (Å²) in [6, 6.07) is 5.49. The van der Waals surface area contributed by atoms with Crippen molar-refractivity contribution in [3.05, 3.63) is 29.3 Å². The minimum atomic E-state index is -0.496. The third kappa shape index (κ3) is 3.83. The standard InChI is InChI=1S/C11H12N2O2S/c1-8-3-9(6-16-7-12)5-10(4-8)15-11(14)13-2/h3-5H,6H2,1-2H3,(H,13,14). The second-order valence-corrected chi connectivity index (χ2v) is 3.93. The number of benzene rings is 1. The Kier molecular flexibility index (Phi) is 4.67. The van der Waals surface area contributed by atoms with Gasteiger partial charge in [0.1, 0.15) is 11.2 Å². The quantitative estimate of drug-likeness (QED) is 0.819. The third-order valence-corrected chi connectivity index (χ3v) is 2.44. The summed E-state index contributed by atoms with van der Waals surface area (Å²) in [5, 5.41) is 12.8. The highest BCUT2D eigenvalue weighted by Crippen LogP contribution is 2.20. The van der Waals surface area contributed by atoms with Crippen molar-refractivity contribution >= 4 is 17.9 Å². The van der Waals surface area contributed by atoms with Crippen molar-refractivity contribution < 1.29 is 9.53 Å². The maximum atomic E-state index is 11.0. The Bertz CT molecular complexity index is 426. The fourth-order valence-corrected chi connectivity index (χ4v) is 1.64. The highest BCUT2D eigenvalue weighted by molar-refractivity contribution is 8.02. The van der Waals surface area contributed by atoms with E-state index in [0.717, 1.165) is 22.9 Å². The van der Waals surface area contributed by atoms with Crippen molar-refractivity contribution in [1.82, 2.24) is 5.32 Å². The number of nitrogens with one attached hydrogen (secondary N) is 1. The van der Waals surface area contributed by atoms with Gasteiger partial charge in [-0.1, -0.05) is 6.07 Å². The molecule has 0 unspecified atom stereocenters. The van der Waals surface area contributed by atoms with Gasteiger partial charge < -0.3 is 10.1 Å². The molecule has 0 atom stereocenters. The number of ether oxygens (including phenoxy) is 1. The highest BCUT2D eigenvalue weighted by Gasteiger charge is 2.04. The largest absolute Gasteiger partial charge is 0.412 e. The second kappa shape index (κ2) is 6.03. The first kappa shape index (κ1) is 12.4. The van der Waals surface area contributed by atoms with Gasteiger partial charge in [0.2, 0.25) is 0 Å². The van der Waals surface area contributed by atoms with Crippen LogP contribution in [0, 0.1) is 17.6 Å². The van der Waals surface area contributed by atoms with E-state index >= 15 is 0 Å². The van der Waals surface area contributed by atoms with Crippen LogP contribution in [0.25, 0.3) is 0 Å². The molecule has 4 nitrogen and oxygen atoms in total. The molecule has 84 valence electrons. The lowest BCUT2D eigenvalue weighted by Gasteiger charge is -2.06. The average molecular weight is 236 g/mol. The van der Waals surface area contributed by atoms with Crippen molar-refractivity contribution in [3.63, 3.8) is 0 Å². The van der Waals surface area contributed by atoms with E-state index in [1.54, 1.807) is 12.1 Å². The Morgan fingerprint density at radius 2 is 2.31 bits per heavy atom. The molecular formula is C11H12N2O2S. The van der Waals surface area contributed by atoms with Gasteiger partial charge in [0.25, 0.3) is 0 Å². The number of hydrogen-bond acceptors (Lipinski definition) is 4. The molecule has 0 aliphatic carbocycles. The van der Waals surface area contributed by atoms with Crippen molar-refractivity contribution in [2.75, 3.05) is 7.05 Å². The van der Waals surface area contributed by atoms with Crippen LogP contribution in [0.4, 0.5) is 4.79 Å². The predicted molar refractivity (Wildman–Crippen MR) is 63.2 cm³/mol. The summed E-state index contributed by atoms with van der Waals surface area (Å²) in [6.45, 7) is 1.91. The van der Waals surface area contributed by atoms with Gasteiger partial charge in [-0.3, -0.25) is 0 Å². The first-order chi connectivity index (χ1) is 7.65. The number of thiocyanates is 1. The Labute approximate surface area is 98.6 Å². The van der Waals surface area contributed by atoms with E-state index in [1.807, 2.05) is 18.4 Å². The van der Waals surface area contributed by atoms with Crippen molar-refractivity contribution in [1.29, 1.82) is 5.26 Å². The number of amides is 1. The molecule has 0 fully saturated rings. The van der Waals surface area contributed by atoms with Gasteiger partial charge in [-0.15, -0.1) is 0 Å². The third-order valence-electron chi connectivity index (χ3n) is 1.83. The Hall–Kier alpha value is -1.67. The molecule has 0 aliphatic heterocycles.